The highest BCUT2D eigenvalue weighted by molar-refractivity contribution is 5.92. The van der Waals surface area contributed by atoms with Crippen molar-refractivity contribution in [2.45, 2.75) is 44.9 Å². The number of para-hydroxylation sites is 1. The number of anilines is 1. The largest absolute Gasteiger partial charge is 0.325 e. The predicted octanol–water partition coefficient (Wildman–Crippen LogP) is 3.86. The number of rotatable bonds is 3. The Labute approximate surface area is 114 Å². The Morgan fingerprint density at radius 3 is 2.58 bits per heavy atom. The zero-order valence-electron chi connectivity index (χ0n) is 11.2. The van der Waals surface area contributed by atoms with Gasteiger partial charge in [-0.05, 0) is 30.9 Å². The highest BCUT2D eigenvalue weighted by atomic mass is 16.1. The van der Waals surface area contributed by atoms with Gasteiger partial charge in [-0.25, -0.2) is 0 Å². The van der Waals surface area contributed by atoms with Crippen molar-refractivity contribution in [3.63, 3.8) is 0 Å². The molecule has 3 nitrogen and oxygen atoms in total. The van der Waals surface area contributed by atoms with Crippen molar-refractivity contribution in [1.82, 2.24) is 0 Å². The first kappa shape index (κ1) is 13.6. The Bertz CT molecular complexity index is 468. The number of hydrogen-bond acceptors (Lipinski definition) is 2. The lowest BCUT2D eigenvalue weighted by molar-refractivity contribution is -0.117. The van der Waals surface area contributed by atoms with E-state index < -0.39 is 0 Å². The third-order valence-electron chi connectivity index (χ3n) is 3.77. The van der Waals surface area contributed by atoms with Crippen molar-refractivity contribution in [3.05, 3.63) is 29.8 Å². The molecular weight excluding hydrogens is 236 g/mol. The van der Waals surface area contributed by atoms with Gasteiger partial charge in [0.1, 0.15) is 6.07 Å². The maximum Gasteiger partial charge on any atom is 0.224 e. The molecule has 1 saturated carbocycles. The van der Waals surface area contributed by atoms with E-state index in [0.717, 1.165) is 12.8 Å². The number of nitrogens with one attached hydrogen (secondary N) is 1. The van der Waals surface area contributed by atoms with Crippen LogP contribution in [0.15, 0.2) is 24.3 Å². The zero-order chi connectivity index (χ0) is 13.5. The first-order chi connectivity index (χ1) is 9.29. The van der Waals surface area contributed by atoms with E-state index in [1.165, 1.54) is 25.7 Å². The molecule has 1 aliphatic rings. The van der Waals surface area contributed by atoms with Gasteiger partial charge in [0.15, 0.2) is 0 Å². The van der Waals surface area contributed by atoms with Crippen LogP contribution in [0.4, 0.5) is 5.69 Å². The molecule has 0 unspecified atom stereocenters. The van der Waals surface area contributed by atoms with Gasteiger partial charge in [-0.2, -0.15) is 5.26 Å². The fourth-order valence-electron chi connectivity index (χ4n) is 2.72. The van der Waals surface area contributed by atoms with E-state index in [4.69, 9.17) is 5.26 Å². The third kappa shape index (κ3) is 4.10. The highest BCUT2D eigenvalue weighted by Crippen LogP contribution is 2.26. The minimum Gasteiger partial charge on any atom is -0.325 e. The lowest BCUT2D eigenvalue weighted by Gasteiger charge is -2.14. The number of amides is 1. The van der Waals surface area contributed by atoms with Crippen molar-refractivity contribution in [3.8, 4) is 6.07 Å². The van der Waals surface area contributed by atoms with Crippen molar-refractivity contribution in [1.29, 1.82) is 5.26 Å². The van der Waals surface area contributed by atoms with Gasteiger partial charge in [-0.15, -0.1) is 0 Å². The van der Waals surface area contributed by atoms with Crippen molar-refractivity contribution in [2.75, 3.05) is 5.32 Å². The van der Waals surface area contributed by atoms with E-state index in [1.807, 2.05) is 6.07 Å². The average Bonchev–Trinajstić information content (AvgIpc) is 2.68. The van der Waals surface area contributed by atoms with Crippen LogP contribution in [-0.4, -0.2) is 5.91 Å². The molecule has 0 saturated heterocycles. The highest BCUT2D eigenvalue weighted by Gasteiger charge is 2.16. The van der Waals surface area contributed by atoms with Gasteiger partial charge >= 0.3 is 0 Å². The minimum absolute atomic E-state index is 0.0367. The van der Waals surface area contributed by atoms with E-state index in [1.54, 1.807) is 18.2 Å². The molecule has 1 amide bonds. The summed E-state index contributed by atoms with van der Waals surface area (Å²) < 4.78 is 0. The summed E-state index contributed by atoms with van der Waals surface area (Å²) in [7, 11) is 0. The Hall–Kier alpha value is -1.82. The van der Waals surface area contributed by atoms with Crippen LogP contribution in [0.5, 0.6) is 0 Å². The van der Waals surface area contributed by atoms with Crippen LogP contribution >= 0.6 is 0 Å². The Morgan fingerprint density at radius 1 is 1.21 bits per heavy atom. The van der Waals surface area contributed by atoms with Crippen LogP contribution in [0.25, 0.3) is 0 Å². The molecule has 0 aliphatic heterocycles. The van der Waals surface area contributed by atoms with Gasteiger partial charge in [0, 0.05) is 6.42 Å². The molecule has 0 bridgehead atoms. The van der Waals surface area contributed by atoms with Crippen LogP contribution < -0.4 is 5.32 Å². The predicted molar refractivity (Wildman–Crippen MR) is 75.6 cm³/mol. The lowest BCUT2D eigenvalue weighted by atomic mass is 9.96. The molecule has 19 heavy (non-hydrogen) atoms. The molecule has 0 atom stereocenters. The van der Waals surface area contributed by atoms with E-state index >= 15 is 0 Å². The normalized spacial score (nSPS) is 16.4. The molecular formula is C16H20N2O. The van der Waals surface area contributed by atoms with Crippen LogP contribution in [0.1, 0.15) is 50.5 Å². The number of benzene rings is 1. The van der Waals surface area contributed by atoms with Gasteiger partial charge in [-0.3, -0.25) is 4.79 Å². The number of carbonyl (C=O) groups excluding carboxylic acids is 1. The monoisotopic (exact) mass is 256 g/mol. The lowest BCUT2D eigenvalue weighted by Crippen LogP contribution is -2.17. The summed E-state index contributed by atoms with van der Waals surface area (Å²) in [5, 5.41) is 11.9. The quantitative estimate of drug-likeness (QED) is 0.835. The van der Waals surface area contributed by atoms with E-state index in [0.29, 0.717) is 23.6 Å². The average molecular weight is 256 g/mol. The standard InChI is InChI=1S/C16H20N2O/c17-12-14-9-5-6-10-15(14)18-16(19)11-13-7-3-1-2-4-8-13/h5-6,9-10,13H,1-4,7-8,11H2,(H,18,19). The number of carbonyl (C=O) groups is 1. The summed E-state index contributed by atoms with van der Waals surface area (Å²) in [6.45, 7) is 0. The molecule has 1 aromatic rings. The second-order valence-corrected chi connectivity index (χ2v) is 5.27. The molecule has 2 rings (SSSR count). The Morgan fingerprint density at radius 2 is 1.89 bits per heavy atom. The number of nitriles is 1. The van der Waals surface area contributed by atoms with E-state index in [2.05, 4.69) is 11.4 Å². The van der Waals surface area contributed by atoms with Gasteiger partial charge < -0.3 is 5.32 Å². The summed E-state index contributed by atoms with van der Waals surface area (Å²) in [6, 6.07) is 9.25. The smallest absolute Gasteiger partial charge is 0.224 e. The fraction of sp³-hybridized carbons (Fsp3) is 0.500. The first-order valence-electron chi connectivity index (χ1n) is 7.08. The second-order valence-electron chi connectivity index (χ2n) is 5.27. The topological polar surface area (TPSA) is 52.9 Å². The summed E-state index contributed by atoms with van der Waals surface area (Å²) in [4.78, 5) is 12.0. The second kappa shape index (κ2) is 6.94. The van der Waals surface area contributed by atoms with Gasteiger partial charge in [0.05, 0.1) is 11.3 Å². The molecule has 3 heteroatoms. The fourth-order valence-corrected chi connectivity index (χ4v) is 2.72. The summed E-state index contributed by atoms with van der Waals surface area (Å²) in [5.41, 5.74) is 1.15. The van der Waals surface area contributed by atoms with Crippen molar-refractivity contribution in [2.24, 2.45) is 5.92 Å². The van der Waals surface area contributed by atoms with E-state index in [-0.39, 0.29) is 5.91 Å². The molecule has 1 fully saturated rings. The molecule has 0 radical (unpaired) electrons. The number of hydrogen-bond donors (Lipinski definition) is 1. The Kier molecular flexibility index (Phi) is 4.97. The molecule has 1 aliphatic carbocycles. The summed E-state index contributed by atoms with van der Waals surface area (Å²) >= 11 is 0. The number of nitrogens with zero attached hydrogens (tertiary/aromatic N) is 1. The maximum absolute atomic E-state index is 12.0. The maximum atomic E-state index is 12.0. The van der Waals surface area contributed by atoms with Gasteiger partial charge in [0.25, 0.3) is 0 Å². The van der Waals surface area contributed by atoms with Gasteiger partial charge in [0.2, 0.25) is 5.91 Å². The molecule has 1 N–H and O–H groups in total. The minimum atomic E-state index is 0.0367. The molecule has 0 heterocycles. The molecule has 1 aromatic carbocycles. The van der Waals surface area contributed by atoms with Crippen LogP contribution in [-0.2, 0) is 4.79 Å². The van der Waals surface area contributed by atoms with Crippen LogP contribution in [0, 0.1) is 17.2 Å². The van der Waals surface area contributed by atoms with Crippen LogP contribution in [0.3, 0.4) is 0 Å². The SMILES string of the molecule is N#Cc1ccccc1NC(=O)CC1CCCCCC1. The third-order valence-corrected chi connectivity index (χ3v) is 3.77. The van der Waals surface area contributed by atoms with E-state index in [9.17, 15) is 4.79 Å². The first-order valence-corrected chi connectivity index (χ1v) is 7.08. The molecule has 0 spiro atoms. The van der Waals surface area contributed by atoms with Gasteiger partial charge in [-0.1, -0.05) is 37.8 Å². The summed E-state index contributed by atoms with van der Waals surface area (Å²) in [5.74, 6) is 0.548. The van der Waals surface area contributed by atoms with Crippen molar-refractivity contribution < 1.29 is 4.79 Å². The zero-order valence-corrected chi connectivity index (χ0v) is 11.2. The molecule has 0 aromatic heterocycles. The van der Waals surface area contributed by atoms with Crippen molar-refractivity contribution >= 4 is 11.6 Å². The van der Waals surface area contributed by atoms with Crippen LogP contribution in [0.2, 0.25) is 0 Å². The summed E-state index contributed by atoms with van der Waals surface area (Å²) in [6.07, 6.45) is 7.99. The Balaban J connectivity index is 1.92. The molecule has 100 valence electrons.